The van der Waals surface area contributed by atoms with E-state index >= 15 is 0 Å². The van der Waals surface area contributed by atoms with Crippen LogP contribution in [0.15, 0.2) is 59.5 Å². The molecule has 0 fully saturated rings. The highest BCUT2D eigenvalue weighted by molar-refractivity contribution is 7.86. The number of anilines is 1. The molecule has 0 atom stereocenters. The smallest absolute Gasteiger partial charge is 0.323 e. The van der Waals surface area contributed by atoms with Crippen LogP contribution in [0.5, 0.6) is 0 Å². The van der Waals surface area contributed by atoms with Gasteiger partial charge in [0.1, 0.15) is 0 Å². The second kappa shape index (κ2) is 7.22. The Morgan fingerprint density at radius 3 is 2.16 bits per heavy atom. The highest BCUT2D eigenvalue weighted by Gasteiger charge is 2.11. The molecule has 1 N–H and O–H groups in total. The minimum Gasteiger partial charge on any atom is -0.323 e. The molecule has 2 aromatic carbocycles. The molecule has 0 spiro atoms. The van der Waals surface area contributed by atoms with Crippen LogP contribution in [0.2, 0.25) is 0 Å². The number of hydrogen-bond donors (Lipinski definition) is 1. The molecule has 9 heteroatoms. The average molecular weight is 364 g/mol. The summed E-state index contributed by atoms with van der Waals surface area (Å²) in [6.07, 6.45) is 1.29. The van der Waals surface area contributed by atoms with E-state index in [0.29, 0.717) is 16.8 Å². The summed E-state index contributed by atoms with van der Waals surface area (Å²) >= 11 is 0. The molecule has 0 saturated heterocycles. The summed E-state index contributed by atoms with van der Waals surface area (Å²) in [7, 11) is -4.79. The molecule has 2 aromatic rings. The van der Waals surface area contributed by atoms with Gasteiger partial charge in [-0.2, -0.15) is 8.42 Å². The van der Waals surface area contributed by atoms with Crippen LogP contribution in [0.25, 0.3) is 5.57 Å². The van der Waals surface area contributed by atoms with E-state index in [-0.39, 0.29) is 5.69 Å². The maximum atomic E-state index is 12.8. The lowest BCUT2D eigenvalue weighted by molar-refractivity contribution is -0.384. The van der Waals surface area contributed by atoms with Gasteiger partial charge in [-0.15, -0.1) is 3.89 Å². The minimum atomic E-state index is -4.79. The van der Waals surface area contributed by atoms with Crippen LogP contribution in [0, 0.1) is 10.1 Å². The lowest BCUT2D eigenvalue weighted by Crippen LogP contribution is -2.08. The Morgan fingerprint density at radius 1 is 1.12 bits per heavy atom. The normalized spacial score (nSPS) is 11.8. The fourth-order valence-corrected chi connectivity index (χ4v) is 2.47. The lowest BCUT2D eigenvalue weighted by Gasteiger charge is -2.05. The van der Waals surface area contributed by atoms with Gasteiger partial charge in [0.15, 0.2) is 0 Å². The summed E-state index contributed by atoms with van der Waals surface area (Å²) in [5.74, 6) is -0.480. The van der Waals surface area contributed by atoms with E-state index in [1.807, 2.05) is 0 Å². The zero-order valence-corrected chi connectivity index (χ0v) is 13.8. The van der Waals surface area contributed by atoms with Crippen molar-refractivity contribution < 1.29 is 22.0 Å². The highest BCUT2D eigenvalue weighted by Crippen LogP contribution is 2.19. The van der Waals surface area contributed by atoms with Crippen molar-refractivity contribution in [2.24, 2.45) is 0 Å². The maximum absolute atomic E-state index is 12.8. The first-order valence-electron chi connectivity index (χ1n) is 6.95. The molecule has 1 amide bonds. The minimum absolute atomic E-state index is 0.0519. The van der Waals surface area contributed by atoms with Gasteiger partial charge in [0, 0.05) is 23.9 Å². The molecular weight excluding hydrogens is 351 g/mol. The molecule has 25 heavy (non-hydrogen) atoms. The Morgan fingerprint density at radius 2 is 1.68 bits per heavy atom. The largest absolute Gasteiger partial charge is 0.332 e. The number of non-ortho nitro benzene ring substituents is 1. The van der Waals surface area contributed by atoms with Gasteiger partial charge >= 0.3 is 10.2 Å². The van der Waals surface area contributed by atoms with E-state index in [1.54, 1.807) is 6.92 Å². The summed E-state index contributed by atoms with van der Waals surface area (Å²) in [5.41, 5.74) is 1.46. The standard InChI is InChI=1S/C16H13FN2O5S/c1-11(12-2-6-14(7-3-12)19(21)22)10-16(20)18-13-4-8-15(9-5-13)25(17,23)24/h2-10H,1H3,(H,18,20)/b11-10+. The summed E-state index contributed by atoms with van der Waals surface area (Å²) in [4.78, 5) is 21.6. The molecule has 0 unspecified atom stereocenters. The highest BCUT2D eigenvalue weighted by atomic mass is 32.3. The molecular formula is C16H13FN2O5S. The number of benzene rings is 2. The predicted molar refractivity (Wildman–Crippen MR) is 90.1 cm³/mol. The van der Waals surface area contributed by atoms with Crippen LogP contribution < -0.4 is 5.32 Å². The average Bonchev–Trinajstić information content (AvgIpc) is 2.54. The summed E-state index contributed by atoms with van der Waals surface area (Å²) in [6.45, 7) is 1.67. The van der Waals surface area contributed by atoms with Crippen LogP contribution in [0.3, 0.4) is 0 Å². The van der Waals surface area contributed by atoms with Crippen molar-refractivity contribution >= 4 is 33.1 Å². The number of nitrogens with zero attached hydrogens (tertiary/aromatic N) is 1. The van der Waals surface area contributed by atoms with Gasteiger partial charge in [0.05, 0.1) is 9.82 Å². The van der Waals surface area contributed by atoms with Gasteiger partial charge in [-0.25, -0.2) is 0 Å². The Labute approximate surface area is 143 Å². The number of nitro benzene ring substituents is 1. The van der Waals surface area contributed by atoms with E-state index in [9.17, 15) is 27.2 Å². The number of nitro groups is 1. The third kappa shape index (κ3) is 4.95. The number of amides is 1. The van der Waals surface area contributed by atoms with Crippen molar-refractivity contribution in [2.45, 2.75) is 11.8 Å². The molecule has 0 aromatic heterocycles. The Hall–Kier alpha value is -3.07. The molecule has 0 saturated carbocycles. The van der Waals surface area contributed by atoms with Crippen molar-refractivity contribution in [3.05, 3.63) is 70.3 Å². The van der Waals surface area contributed by atoms with Crippen molar-refractivity contribution in [3.8, 4) is 0 Å². The van der Waals surface area contributed by atoms with Crippen molar-refractivity contribution in [1.82, 2.24) is 0 Å². The zero-order valence-electron chi connectivity index (χ0n) is 13.0. The van der Waals surface area contributed by atoms with E-state index in [1.165, 1.54) is 42.5 Å². The predicted octanol–water partition coefficient (Wildman–Crippen LogP) is 3.30. The number of rotatable bonds is 5. The molecule has 130 valence electrons. The van der Waals surface area contributed by atoms with Crippen LogP contribution in [-0.4, -0.2) is 19.2 Å². The first-order chi connectivity index (χ1) is 11.7. The Balaban J connectivity index is 2.10. The molecule has 2 rings (SSSR count). The molecule has 0 heterocycles. The van der Waals surface area contributed by atoms with Gasteiger partial charge in [0.2, 0.25) is 5.91 Å². The van der Waals surface area contributed by atoms with Crippen LogP contribution in [-0.2, 0) is 15.0 Å². The maximum Gasteiger partial charge on any atom is 0.332 e. The topological polar surface area (TPSA) is 106 Å². The molecule has 0 aliphatic rings. The van der Waals surface area contributed by atoms with E-state index in [4.69, 9.17) is 0 Å². The Kier molecular flexibility index (Phi) is 5.28. The molecule has 0 radical (unpaired) electrons. The van der Waals surface area contributed by atoms with Crippen LogP contribution in [0.1, 0.15) is 12.5 Å². The number of nitrogens with one attached hydrogen (secondary N) is 1. The fourth-order valence-electron chi connectivity index (χ4n) is 2.01. The number of carbonyl (C=O) groups is 1. The van der Waals surface area contributed by atoms with Crippen LogP contribution in [0.4, 0.5) is 15.3 Å². The van der Waals surface area contributed by atoms with Gasteiger partial charge < -0.3 is 5.32 Å². The molecule has 0 bridgehead atoms. The van der Waals surface area contributed by atoms with Gasteiger partial charge in [-0.1, -0.05) is 0 Å². The second-order valence-electron chi connectivity index (χ2n) is 5.08. The summed E-state index contributed by atoms with van der Waals surface area (Å²) in [6, 6.07) is 10.3. The number of carbonyl (C=O) groups excluding carboxylic acids is 1. The molecule has 0 aliphatic heterocycles. The molecule has 0 aliphatic carbocycles. The van der Waals surface area contributed by atoms with E-state index < -0.39 is 25.9 Å². The third-order valence-electron chi connectivity index (χ3n) is 3.28. The zero-order chi connectivity index (χ0) is 18.6. The summed E-state index contributed by atoms with van der Waals surface area (Å²) in [5, 5.41) is 13.1. The lowest BCUT2D eigenvalue weighted by atomic mass is 10.1. The Bertz CT molecular complexity index is 935. The number of allylic oxidation sites excluding steroid dienone is 1. The quantitative estimate of drug-likeness (QED) is 0.379. The van der Waals surface area contributed by atoms with Crippen molar-refractivity contribution in [2.75, 3.05) is 5.32 Å². The second-order valence-corrected chi connectivity index (χ2v) is 6.43. The van der Waals surface area contributed by atoms with E-state index in [0.717, 1.165) is 12.1 Å². The van der Waals surface area contributed by atoms with Gasteiger partial charge in [-0.3, -0.25) is 14.9 Å². The van der Waals surface area contributed by atoms with Crippen molar-refractivity contribution in [3.63, 3.8) is 0 Å². The molecule has 7 nitrogen and oxygen atoms in total. The van der Waals surface area contributed by atoms with Gasteiger partial charge in [0.25, 0.3) is 5.69 Å². The van der Waals surface area contributed by atoms with Crippen molar-refractivity contribution in [1.29, 1.82) is 0 Å². The van der Waals surface area contributed by atoms with Gasteiger partial charge in [-0.05, 0) is 54.5 Å². The first kappa shape index (κ1) is 18.3. The number of hydrogen-bond acceptors (Lipinski definition) is 5. The first-order valence-corrected chi connectivity index (χ1v) is 8.34. The SMILES string of the molecule is C/C(=C\C(=O)Nc1ccc(S(=O)(=O)F)cc1)c1ccc([N+](=O)[O-])cc1. The summed E-state index contributed by atoms with van der Waals surface area (Å²) < 4.78 is 34.2. The fraction of sp³-hybridized carbons (Fsp3) is 0.0625. The van der Waals surface area contributed by atoms with E-state index in [2.05, 4.69) is 5.32 Å². The third-order valence-corrected chi connectivity index (χ3v) is 4.12. The monoisotopic (exact) mass is 364 g/mol. The van der Waals surface area contributed by atoms with Crippen LogP contribution >= 0.6 is 0 Å². The number of halogens is 1.